The fourth-order valence-corrected chi connectivity index (χ4v) is 2.36. The number of pyridine rings is 1. The van der Waals surface area contributed by atoms with Gasteiger partial charge in [-0.1, -0.05) is 20.8 Å². The third kappa shape index (κ3) is 3.84. The van der Waals surface area contributed by atoms with Crippen molar-refractivity contribution in [2.75, 3.05) is 0 Å². The molecule has 0 saturated heterocycles. The maximum atomic E-state index is 5.85. The van der Waals surface area contributed by atoms with Crippen molar-refractivity contribution in [3.05, 3.63) is 23.4 Å². The highest BCUT2D eigenvalue weighted by molar-refractivity contribution is 8.00. The van der Waals surface area contributed by atoms with Crippen LogP contribution in [-0.4, -0.2) is 9.73 Å². The van der Waals surface area contributed by atoms with E-state index in [0.717, 1.165) is 10.6 Å². The first kappa shape index (κ1) is 12.5. The zero-order chi connectivity index (χ0) is 11.6. The van der Waals surface area contributed by atoms with Crippen molar-refractivity contribution in [1.82, 2.24) is 4.98 Å². The molecule has 3 heteroatoms. The van der Waals surface area contributed by atoms with Gasteiger partial charge in [-0.15, -0.1) is 11.8 Å². The van der Waals surface area contributed by atoms with E-state index in [0.29, 0.717) is 0 Å². The average Bonchev–Trinajstić information content (AvgIpc) is 1.99. The lowest BCUT2D eigenvalue weighted by Gasteiger charge is -2.18. The third-order valence-electron chi connectivity index (χ3n) is 2.03. The molecule has 0 amide bonds. The Morgan fingerprint density at radius 2 is 2.00 bits per heavy atom. The SMILES string of the molecule is Cc1cc(SC(C)(C)C)ncc1[C@@H](C)N. The Morgan fingerprint density at radius 1 is 1.40 bits per heavy atom. The number of hydrogen-bond acceptors (Lipinski definition) is 3. The molecule has 1 aromatic rings. The molecule has 2 nitrogen and oxygen atoms in total. The second kappa shape index (κ2) is 4.54. The minimum Gasteiger partial charge on any atom is -0.324 e. The van der Waals surface area contributed by atoms with Crippen LogP contribution in [0.5, 0.6) is 0 Å². The second-order valence-corrected chi connectivity index (χ2v) is 6.73. The van der Waals surface area contributed by atoms with Crippen LogP contribution in [-0.2, 0) is 0 Å². The Balaban J connectivity index is 2.92. The number of nitrogens with zero attached hydrogens (tertiary/aromatic N) is 1. The lowest BCUT2D eigenvalue weighted by atomic mass is 10.1. The molecule has 0 fully saturated rings. The summed E-state index contributed by atoms with van der Waals surface area (Å²) in [6.07, 6.45) is 1.90. The van der Waals surface area contributed by atoms with E-state index in [1.807, 2.05) is 13.1 Å². The van der Waals surface area contributed by atoms with Crippen molar-refractivity contribution in [2.24, 2.45) is 5.73 Å². The number of thioether (sulfide) groups is 1. The molecule has 84 valence electrons. The highest BCUT2D eigenvalue weighted by Crippen LogP contribution is 2.31. The van der Waals surface area contributed by atoms with Gasteiger partial charge in [0.05, 0.1) is 5.03 Å². The van der Waals surface area contributed by atoms with Crippen molar-refractivity contribution in [3.8, 4) is 0 Å². The van der Waals surface area contributed by atoms with Crippen LogP contribution in [0.3, 0.4) is 0 Å². The summed E-state index contributed by atoms with van der Waals surface area (Å²) in [5.41, 5.74) is 8.21. The fraction of sp³-hybridized carbons (Fsp3) is 0.583. The average molecular weight is 224 g/mol. The molecule has 1 heterocycles. The molecule has 0 aliphatic carbocycles. The molecule has 0 bridgehead atoms. The quantitative estimate of drug-likeness (QED) is 0.783. The van der Waals surface area contributed by atoms with Crippen molar-refractivity contribution in [1.29, 1.82) is 0 Å². The van der Waals surface area contributed by atoms with Crippen LogP contribution in [0.25, 0.3) is 0 Å². The summed E-state index contributed by atoms with van der Waals surface area (Å²) in [4.78, 5) is 4.43. The van der Waals surface area contributed by atoms with Gasteiger partial charge in [-0.2, -0.15) is 0 Å². The lowest BCUT2D eigenvalue weighted by Crippen LogP contribution is -2.10. The van der Waals surface area contributed by atoms with E-state index in [-0.39, 0.29) is 10.8 Å². The van der Waals surface area contributed by atoms with Crippen LogP contribution in [0.1, 0.15) is 44.9 Å². The number of rotatable bonds is 2. The Labute approximate surface area is 96.7 Å². The zero-order valence-corrected chi connectivity index (χ0v) is 11.0. The molecule has 0 saturated carbocycles. The summed E-state index contributed by atoms with van der Waals surface area (Å²) in [5, 5.41) is 1.07. The predicted octanol–water partition coefficient (Wildman–Crippen LogP) is 3.30. The first-order valence-electron chi connectivity index (χ1n) is 5.21. The molecule has 1 rings (SSSR count). The number of hydrogen-bond donors (Lipinski definition) is 1. The van der Waals surface area contributed by atoms with Crippen LogP contribution < -0.4 is 5.73 Å². The molecule has 0 aliphatic heterocycles. The van der Waals surface area contributed by atoms with Gasteiger partial charge in [-0.3, -0.25) is 0 Å². The monoisotopic (exact) mass is 224 g/mol. The molecule has 0 radical (unpaired) electrons. The fourth-order valence-electron chi connectivity index (χ4n) is 1.39. The van der Waals surface area contributed by atoms with E-state index >= 15 is 0 Å². The molecule has 0 unspecified atom stereocenters. The van der Waals surface area contributed by atoms with E-state index in [2.05, 4.69) is 38.7 Å². The molecule has 0 aromatic carbocycles. The van der Waals surface area contributed by atoms with Gasteiger partial charge in [0, 0.05) is 17.0 Å². The van der Waals surface area contributed by atoms with Gasteiger partial charge in [0.25, 0.3) is 0 Å². The maximum absolute atomic E-state index is 5.85. The molecule has 0 aliphatic rings. The van der Waals surface area contributed by atoms with Gasteiger partial charge in [-0.25, -0.2) is 4.98 Å². The summed E-state index contributed by atoms with van der Waals surface area (Å²) in [7, 11) is 0. The first-order valence-corrected chi connectivity index (χ1v) is 6.02. The van der Waals surface area contributed by atoms with Crippen molar-refractivity contribution < 1.29 is 0 Å². The highest BCUT2D eigenvalue weighted by Gasteiger charge is 2.14. The van der Waals surface area contributed by atoms with E-state index in [4.69, 9.17) is 5.73 Å². The highest BCUT2D eigenvalue weighted by atomic mass is 32.2. The molecule has 0 spiro atoms. The van der Waals surface area contributed by atoms with Gasteiger partial charge in [0.2, 0.25) is 0 Å². The summed E-state index contributed by atoms with van der Waals surface area (Å²) < 4.78 is 0.204. The molecular weight excluding hydrogens is 204 g/mol. The van der Waals surface area contributed by atoms with Crippen molar-refractivity contribution >= 4 is 11.8 Å². The van der Waals surface area contributed by atoms with Crippen LogP contribution in [0.4, 0.5) is 0 Å². The van der Waals surface area contributed by atoms with E-state index in [9.17, 15) is 0 Å². The third-order valence-corrected chi connectivity index (χ3v) is 3.07. The summed E-state index contributed by atoms with van der Waals surface area (Å²) >= 11 is 1.78. The van der Waals surface area contributed by atoms with Crippen LogP contribution in [0, 0.1) is 6.92 Å². The predicted molar refractivity (Wildman–Crippen MR) is 67.2 cm³/mol. The van der Waals surface area contributed by atoms with Crippen LogP contribution in [0.15, 0.2) is 17.3 Å². The number of nitrogens with two attached hydrogens (primary N) is 1. The van der Waals surface area contributed by atoms with Gasteiger partial charge >= 0.3 is 0 Å². The van der Waals surface area contributed by atoms with E-state index in [1.54, 1.807) is 11.8 Å². The Kier molecular flexibility index (Phi) is 3.79. The maximum Gasteiger partial charge on any atom is 0.0967 e. The van der Waals surface area contributed by atoms with Crippen molar-refractivity contribution in [2.45, 2.75) is 50.4 Å². The Bertz CT molecular complexity index is 340. The van der Waals surface area contributed by atoms with Gasteiger partial charge in [0.15, 0.2) is 0 Å². The Hall–Kier alpha value is -0.540. The minimum absolute atomic E-state index is 0.0613. The standard InChI is InChI=1S/C12H20N2S/c1-8-6-11(15-12(3,4)5)14-7-10(8)9(2)13/h6-7,9H,13H2,1-5H3/t9-/m1/s1. The van der Waals surface area contributed by atoms with Gasteiger partial charge in [0.1, 0.15) is 0 Å². The number of aromatic nitrogens is 1. The smallest absolute Gasteiger partial charge is 0.0967 e. The Morgan fingerprint density at radius 3 is 2.40 bits per heavy atom. The normalized spacial score (nSPS) is 14.0. The van der Waals surface area contributed by atoms with Gasteiger partial charge in [-0.05, 0) is 31.0 Å². The molecule has 2 N–H and O–H groups in total. The largest absolute Gasteiger partial charge is 0.324 e. The van der Waals surface area contributed by atoms with Crippen molar-refractivity contribution in [3.63, 3.8) is 0 Å². The molecule has 1 aromatic heterocycles. The topological polar surface area (TPSA) is 38.9 Å². The van der Waals surface area contributed by atoms with E-state index < -0.39 is 0 Å². The summed E-state index contributed by atoms with van der Waals surface area (Å²) in [5.74, 6) is 0. The second-order valence-electron chi connectivity index (χ2n) is 4.88. The zero-order valence-electron chi connectivity index (χ0n) is 10.2. The van der Waals surface area contributed by atoms with Crippen LogP contribution in [0.2, 0.25) is 0 Å². The van der Waals surface area contributed by atoms with Crippen LogP contribution >= 0.6 is 11.8 Å². The molecule has 15 heavy (non-hydrogen) atoms. The van der Waals surface area contributed by atoms with Gasteiger partial charge < -0.3 is 5.73 Å². The summed E-state index contributed by atoms with van der Waals surface area (Å²) in [6.45, 7) is 10.6. The molecular formula is C12H20N2S. The lowest BCUT2D eigenvalue weighted by molar-refractivity contribution is 0.786. The minimum atomic E-state index is 0.0613. The number of aryl methyl sites for hydroxylation is 1. The molecule has 1 atom stereocenters. The summed E-state index contributed by atoms with van der Waals surface area (Å²) in [6, 6.07) is 2.18. The van der Waals surface area contributed by atoms with E-state index in [1.165, 1.54) is 5.56 Å². The first-order chi connectivity index (χ1) is 6.79.